The highest BCUT2D eigenvalue weighted by atomic mass is 16.6. The highest BCUT2D eigenvalue weighted by molar-refractivity contribution is 5.71. The van der Waals surface area contributed by atoms with E-state index in [1.807, 2.05) is 0 Å². The van der Waals surface area contributed by atoms with E-state index in [0.717, 1.165) is 77.0 Å². The van der Waals surface area contributed by atoms with Crippen LogP contribution in [-0.4, -0.2) is 37.2 Å². The van der Waals surface area contributed by atoms with Crippen molar-refractivity contribution in [3.05, 3.63) is 48.6 Å². The zero-order valence-electron chi connectivity index (χ0n) is 41.1. The van der Waals surface area contributed by atoms with Gasteiger partial charge >= 0.3 is 17.9 Å². The summed E-state index contributed by atoms with van der Waals surface area (Å²) >= 11 is 0. The second-order valence-electron chi connectivity index (χ2n) is 17.8. The molecule has 360 valence electrons. The highest BCUT2D eigenvalue weighted by Gasteiger charge is 2.19. The fourth-order valence-corrected chi connectivity index (χ4v) is 7.47. The summed E-state index contributed by atoms with van der Waals surface area (Å²) in [5.74, 6) is -0.922. The Hall–Kier alpha value is -2.63. The van der Waals surface area contributed by atoms with Crippen molar-refractivity contribution in [2.75, 3.05) is 13.2 Å². The normalized spacial score (nSPS) is 12.4. The molecule has 0 rings (SSSR count). The smallest absolute Gasteiger partial charge is 0.306 e. The van der Waals surface area contributed by atoms with Gasteiger partial charge in [-0.1, -0.05) is 211 Å². The lowest BCUT2D eigenvalue weighted by Crippen LogP contribution is -2.30. The van der Waals surface area contributed by atoms with Gasteiger partial charge in [0.15, 0.2) is 6.10 Å². The monoisotopic (exact) mass is 869 g/mol. The molecule has 0 aromatic rings. The lowest BCUT2D eigenvalue weighted by Gasteiger charge is -2.18. The molecule has 1 unspecified atom stereocenters. The Morgan fingerprint density at radius 2 is 0.597 bits per heavy atom. The van der Waals surface area contributed by atoms with Crippen LogP contribution in [0.5, 0.6) is 0 Å². The first-order valence-electron chi connectivity index (χ1n) is 26.7. The zero-order chi connectivity index (χ0) is 45.1. The van der Waals surface area contributed by atoms with Crippen molar-refractivity contribution in [3.8, 4) is 0 Å². The van der Waals surface area contributed by atoms with Crippen molar-refractivity contribution in [1.29, 1.82) is 0 Å². The molecular formula is C56H100O6. The first-order valence-corrected chi connectivity index (χ1v) is 26.7. The Morgan fingerprint density at radius 3 is 0.968 bits per heavy atom. The molecule has 0 radical (unpaired) electrons. The summed E-state index contributed by atoms with van der Waals surface area (Å²) < 4.78 is 16.8. The van der Waals surface area contributed by atoms with Gasteiger partial charge in [-0.3, -0.25) is 14.4 Å². The van der Waals surface area contributed by atoms with Gasteiger partial charge in [-0.2, -0.15) is 0 Å². The van der Waals surface area contributed by atoms with E-state index in [4.69, 9.17) is 14.2 Å². The quantitative estimate of drug-likeness (QED) is 0.0199. The minimum Gasteiger partial charge on any atom is -0.462 e. The maximum atomic E-state index is 12.8. The van der Waals surface area contributed by atoms with E-state index in [2.05, 4.69) is 69.4 Å². The number of esters is 3. The van der Waals surface area contributed by atoms with Crippen LogP contribution >= 0.6 is 0 Å². The van der Waals surface area contributed by atoms with Gasteiger partial charge < -0.3 is 14.2 Å². The number of allylic oxidation sites excluding steroid dienone is 8. The van der Waals surface area contributed by atoms with Crippen molar-refractivity contribution in [2.45, 2.75) is 277 Å². The molecule has 1 atom stereocenters. The number of carbonyl (C=O) groups excluding carboxylic acids is 3. The van der Waals surface area contributed by atoms with Crippen LogP contribution in [0.15, 0.2) is 48.6 Å². The molecule has 0 aliphatic heterocycles. The Balaban J connectivity index is 4.39. The van der Waals surface area contributed by atoms with Gasteiger partial charge in [0.25, 0.3) is 0 Å². The Bertz CT molecular complexity index is 1090. The van der Waals surface area contributed by atoms with Crippen molar-refractivity contribution < 1.29 is 28.6 Å². The van der Waals surface area contributed by atoms with E-state index in [1.165, 1.54) is 154 Å². The third-order valence-electron chi connectivity index (χ3n) is 11.6. The number of hydrogen-bond donors (Lipinski definition) is 0. The molecule has 0 aliphatic carbocycles. The molecule has 0 aromatic carbocycles. The summed E-state index contributed by atoms with van der Waals surface area (Å²) in [4.78, 5) is 38.0. The molecule has 0 amide bonds. The third-order valence-corrected chi connectivity index (χ3v) is 11.6. The molecule has 0 bridgehead atoms. The van der Waals surface area contributed by atoms with E-state index in [1.54, 1.807) is 0 Å². The Kier molecular flexibility index (Phi) is 48.8. The predicted molar refractivity (Wildman–Crippen MR) is 265 cm³/mol. The first-order chi connectivity index (χ1) is 30.5. The van der Waals surface area contributed by atoms with E-state index in [-0.39, 0.29) is 31.1 Å². The number of unbranched alkanes of at least 4 members (excludes halogenated alkanes) is 30. The largest absolute Gasteiger partial charge is 0.462 e. The lowest BCUT2D eigenvalue weighted by molar-refractivity contribution is -0.167. The predicted octanol–water partition coefficient (Wildman–Crippen LogP) is 17.5. The summed E-state index contributed by atoms with van der Waals surface area (Å²) in [7, 11) is 0. The van der Waals surface area contributed by atoms with Crippen molar-refractivity contribution >= 4 is 17.9 Å². The van der Waals surface area contributed by atoms with Gasteiger partial charge in [0.2, 0.25) is 0 Å². The second-order valence-corrected chi connectivity index (χ2v) is 17.8. The first kappa shape index (κ1) is 59.4. The summed E-state index contributed by atoms with van der Waals surface area (Å²) in [6.45, 7) is 6.57. The number of ether oxygens (including phenoxy) is 3. The maximum absolute atomic E-state index is 12.8. The molecule has 0 aromatic heterocycles. The maximum Gasteiger partial charge on any atom is 0.306 e. The van der Waals surface area contributed by atoms with Crippen LogP contribution < -0.4 is 0 Å². The molecule has 0 spiro atoms. The van der Waals surface area contributed by atoms with E-state index < -0.39 is 6.10 Å². The molecule has 6 nitrogen and oxygen atoms in total. The van der Waals surface area contributed by atoms with Crippen LogP contribution in [0.3, 0.4) is 0 Å². The summed E-state index contributed by atoms with van der Waals surface area (Å²) in [5, 5.41) is 0. The summed E-state index contributed by atoms with van der Waals surface area (Å²) in [6.07, 6.45) is 61.0. The van der Waals surface area contributed by atoms with E-state index in [9.17, 15) is 14.4 Å². The van der Waals surface area contributed by atoms with Gasteiger partial charge in [0.1, 0.15) is 13.2 Å². The lowest BCUT2D eigenvalue weighted by atomic mass is 10.1. The Morgan fingerprint density at radius 1 is 0.323 bits per heavy atom. The standard InChI is InChI=1S/C56H100O6/c1-4-7-10-13-16-19-22-24-26-28-30-31-34-37-40-43-46-49-55(58)61-52-53(51-60-54(57)48-45-42-39-36-33-21-18-15-12-9-6-3)62-56(59)50-47-44-41-38-35-32-29-27-25-23-20-17-14-11-8-5-2/h15,18,24,26-27,29,32,35,53H,4-14,16-17,19-23,25,28,30-31,33-34,36-52H2,1-3H3/b18-15-,26-24-,29-27-,35-32-. The van der Waals surface area contributed by atoms with Crippen LogP contribution in [0.2, 0.25) is 0 Å². The fraction of sp³-hybridized carbons (Fsp3) is 0.804. The minimum atomic E-state index is -0.790. The van der Waals surface area contributed by atoms with Crippen molar-refractivity contribution in [1.82, 2.24) is 0 Å². The van der Waals surface area contributed by atoms with Crippen LogP contribution in [-0.2, 0) is 28.6 Å². The van der Waals surface area contributed by atoms with E-state index in [0.29, 0.717) is 19.3 Å². The third kappa shape index (κ3) is 48.4. The average molecular weight is 869 g/mol. The molecular weight excluding hydrogens is 769 g/mol. The molecule has 62 heavy (non-hydrogen) atoms. The number of rotatable bonds is 48. The van der Waals surface area contributed by atoms with Gasteiger partial charge in [-0.25, -0.2) is 0 Å². The Labute approximate surface area is 384 Å². The number of hydrogen-bond acceptors (Lipinski definition) is 6. The molecule has 0 N–H and O–H groups in total. The zero-order valence-corrected chi connectivity index (χ0v) is 41.1. The SMILES string of the molecule is CCCC/C=C\CCCCCCCC(=O)OCC(COC(=O)CCCCCCCCC/C=C\CCCCCCCC)OC(=O)CCCCC/C=C\C=C/CCCCCCCCC. The minimum absolute atomic E-state index is 0.0879. The van der Waals surface area contributed by atoms with Gasteiger partial charge in [0.05, 0.1) is 0 Å². The van der Waals surface area contributed by atoms with Crippen LogP contribution in [0.1, 0.15) is 271 Å². The molecule has 0 saturated carbocycles. The summed E-state index contributed by atoms with van der Waals surface area (Å²) in [6, 6.07) is 0. The van der Waals surface area contributed by atoms with Crippen molar-refractivity contribution in [2.24, 2.45) is 0 Å². The molecule has 0 saturated heterocycles. The highest BCUT2D eigenvalue weighted by Crippen LogP contribution is 2.14. The molecule has 0 heterocycles. The topological polar surface area (TPSA) is 78.9 Å². The van der Waals surface area contributed by atoms with Gasteiger partial charge in [-0.05, 0) is 89.9 Å². The van der Waals surface area contributed by atoms with Crippen LogP contribution in [0, 0.1) is 0 Å². The van der Waals surface area contributed by atoms with Crippen molar-refractivity contribution in [3.63, 3.8) is 0 Å². The van der Waals surface area contributed by atoms with E-state index >= 15 is 0 Å². The second kappa shape index (κ2) is 51.0. The average Bonchev–Trinajstić information content (AvgIpc) is 3.27. The van der Waals surface area contributed by atoms with Gasteiger partial charge in [-0.15, -0.1) is 0 Å². The van der Waals surface area contributed by atoms with Crippen LogP contribution in [0.4, 0.5) is 0 Å². The van der Waals surface area contributed by atoms with Crippen LogP contribution in [0.25, 0.3) is 0 Å². The fourth-order valence-electron chi connectivity index (χ4n) is 7.47. The summed E-state index contributed by atoms with van der Waals surface area (Å²) in [5.41, 5.74) is 0. The molecule has 6 heteroatoms. The molecule has 0 fully saturated rings. The number of carbonyl (C=O) groups is 3. The van der Waals surface area contributed by atoms with Gasteiger partial charge in [0, 0.05) is 19.3 Å². The molecule has 0 aliphatic rings.